The van der Waals surface area contributed by atoms with Gasteiger partial charge >= 0.3 is 8.80 Å². The molecule has 0 heterocycles. The lowest BCUT2D eigenvalue weighted by Crippen LogP contribution is -3.02. The van der Waals surface area contributed by atoms with Crippen molar-refractivity contribution in [2.45, 2.75) is 19.4 Å². The van der Waals surface area contributed by atoms with Crippen LogP contribution >= 0.6 is 0 Å². The molecule has 0 aromatic heterocycles. The Morgan fingerprint density at radius 2 is 1.20 bits per heavy atom. The predicted octanol–water partition coefficient (Wildman–Crippen LogP) is -2.96. The maximum absolute atomic E-state index is 5.17. The number of quaternary nitrogens is 1. The minimum absolute atomic E-state index is 0. The van der Waals surface area contributed by atoms with E-state index < -0.39 is 8.80 Å². The maximum atomic E-state index is 5.17. The Morgan fingerprint density at radius 3 is 1.27 bits per heavy atom. The first kappa shape index (κ1) is 20.7. The predicted molar refractivity (Wildman–Crippen MR) is 60.6 cm³/mol. The first-order valence-corrected chi connectivity index (χ1v) is 6.83. The number of nitrogens with one attached hydrogen (secondary N) is 1. The van der Waals surface area contributed by atoms with E-state index in [1.807, 2.05) is 0 Å². The normalized spacial score (nSPS) is 10.4. The van der Waals surface area contributed by atoms with Crippen LogP contribution in [-0.4, -0.2) is 51.3 Å². The highest BCUT2D eigenvalue weighted by Gasteiger charge is 2.36. The molecule has 0 atom stereocenters. The molecule has 0 rings (SSSR count). The molecular formula is C9H26ClNO3Si. The maximum Gasteiger partial charge on any atom is 0.500 e. The highest BCUT2D eigenvalue weighted by atomic mass is 35.5. The van der Waals surface area contributed by atoms with Gasteiger partial charge in [-0.05, 0) is 0 Å². The highest BCUT2D eigenvalue weighted by Crippen LogP contribution is 2.13. The molecule has 0 aromatic carbocycles. The van der Waals surface area contributed by atoms with Gasteiger partial charge < -0.3 is 30.6 Å². The fourth-order valence-electron chi connectivity index (χ4n) is 0.862. The van der Waals surface area contributed by atoms with Crippen LogP contribution in [0.5, 0.6) is 0 Å². The Morgan fingerprint density at radius 1 is 0.933 bits per heavy atom. The molecule has 0 amide bonds. The summed E-state index contributed by atoms with van der Waals surface area (Å²) < 4.78 is 15.5. The molecule has 0 fully saturated rings. The molecule has 0 unspecified atom stereocenters. The van der Waals surface area contributed by atoms with Crippen molar-refractivity contribution in [3.63, 3.8) is 0 Å². The summed E-state index contributed by atoms with van der Waals surface area (Å²) in [6.07, 6.45) is 1.03. The van der Waals surface area contributed by atoms with Crippen LogP contribution < -0.4 is 17.3 Å². The van der Waals surface area contributed by atoms with Crippen molar-refractivity contribution in [2.24, 2.45) is 0 Å². The highest BCUT2D eigenvalue weighted by molar-refractivity contribution is 6.60. The molecule has 0 radical (unpaired) electrons. The van der Waals surface area contributed by atoms with Gasteiger partial charge in [-0.1, -0.05) is 13.3 Å². The summed E-state index contributed by atoms with van der Waals surface area (Å²) in [6, 6.07) is 0.885. The number of hydrogen-bond donors (Lipinski definition) is 1. The quantitative estimate of drug-likeness (QED) is 0.536. The van der Waals surface area contributed by atoms with Crippen molar-refractivity contribution in [1.29, 1.82) is 0 Å². The van der Waals surface area contributed by atoms with Crippen molar-refractivity contribution in [3.8, 4) is 0 Å². The number of rotatable bonds is 5. The van der Waals surface area contributed by atoms with Gasteiger partial charge in [0.15, 0.2) is 0 Å². The first-order chi connectivity index (χ1) is 6.47. The molecule has 1 N–H and O–H groups in total. The zero-order valence-electron chi connectivity index (χ0n) is 11.0. The molecular weight excluding hydrogens is 234 g/mol. The molecule has 0 saturated heterocycles. The van der Waals surface area contributed by atoms with Crippen LogP contribution in [0.1, 0.15) is 13.3 Å². The van der Waals surface area contributed by atoms with Gasteiger partial charge in [0, 0.05) is 27.4 Å². The third-order valence-electron chi connectivity index (χ3n) is 1.49. The Kier molecular flexibility index (Phi) is 17.2. The second kappa shape index (κ2) is 12.4. The average molecular weight is 260 g/mol. The van der Waals surface area contributed by atoms with E-state index in [0.29, 0.717) is 0 Å². The summed E-state index contributed by atoms with van der Waals surface area (Å²) in [4.78, 5) is 1.42. The van der Waals surface area contributed by atoms with Crippen molar-refractivity contribution < 1.29 is 30.6 Å². The van der Waals surface area contributed by atoms with E-state index >= 15 is 0 Å². The summed E-state index contributed by atoms with van der Waals surface area (Å²) in [5.74, 6) is 0. The smallest absolute Gasteiger partial charge is 0.500 e. The second-order valence-electron chi connectivity index (χ2n) is 3.55. The van der Waals surface area contributed by atoms with Crippen LogP contribution in [0.2, 0.25) is 6.04 Å². The van der Waals surface area contributed by atoms with Crippen molar-refractivity contribution in [2.75, 3.05) is 42.5 Å². The van der Waals surface area contributed by atoms with Crippen molar-refractivity contribution in [1.82, 2.24) is 0 Å². The first-order valence-electron chi connectivity index (χ1n) is 4.90. The monoisotopic (exact) mass is 259 g/mol. The van der Waals surface area contributed by atoms with Crippen LogP contribution in [0, 0.1) is 0 Å². The van der Waals surface area contributed by atoms with E-state index in [1.165, 1.54) is 4.90 Å². The second-order valence-corrected chi connectivity index (χ2v) is 6.64. The molecule has 0 aliphatic rings. The minimum atomic E-state index is -2.22. The molecule has 15 heavy (non-hydrogen) atoms. The number of halogens is 1. The van der Waals surface area contributed by atoms with Crippen molar-refractivity contribution in [3.05, 3.63) is 0 Å². The summed E-state index contributed by atoms with van der Waals surface area (Å²) >= 11 is 0. The molecule has 4 nitrogen and oxygen atoms in total. The van der Waals surface area contributed by atoms with E-state index in [9.17, 15) is 0 Å². The SMILES string of the molecule is CCC[Si](OC)(OC)OC.C[NH+](C)C.[Cl-]. The third-order valence-corrected chi connectivity index (χ3v) is 4.47. The van der Waals surface area contributed by atoms with Gasteiger partial charge in [-0.3, -0.25) is 0 Å². The van der Waals surface area contributed by atoms with Gasteiger partial charge in [-0.15, -0.1) is 0 Å². The summed E-state index contributed by atoms with van der Waals surface area (Å²) in [5.41, 5.74) is 0. The fraction of sp³-hybridized carbons (Fsp3) is 1.00. The van der Waals surface area contributed by atoms with Crippen LogP contribution in [0.3, 0.4) is 0 Å². The third kappa shape index (κ3) is 12.3. The topological polar surface area (TPSA) is 32.1 Å². The molecule has 0 aliphatic heterocycles. The Hall–Kier alpha value is 0.347. The molecule has 0 bridgehead atoms. The largest absolute Gasteiger partial charge is 1.00 e. The van der Waals surface area contributed by atoms with Crippen LogP contribution in [0.25, 0.3) is 0 Å². The van der Waals surface area contributed by atoms with Crippen LogP contribution in [0.15, 0.2) is 0 Å². The van der Waals surface area contributed by atoms with E-state index in [-0.39, 0.29) is 12.4 Å². The van der Waals surface area contributed by atoms with Crippen LogP contribution in [0.4, 0.5) is 0 Å². The molecule has 0 aliphatic carbocycles. The summed E-state index contributed by atoms with van der Waals surface area (Å²) in [5, 5.41) is 0. The van der Waals surface area contributed by atoms with Gasteiger partial charge in [0.1, 0.15) is 0 Å². The van der Waals surface area contributed by atoms with E-state index in [4.69, 9.17) is 13.3 Å². The van der Waals surface area contributed by atoms with E-state index in [0.717, 1.165) is 12.5 Å². The lowest BCUT2D eigenvalue weighted by atomic mass is 10.6. The van der Waals surface area contributed by atoms with E-state index in [2.05, 4.69) is 28.1 Å². The molecule has 0 saturated carbocycles. The Balaban J connectivity index is -0.000000249. The summed E-state index contributed by atoms with van der Waals surface area (Å²) in [6.45, 7) is 2.08. The average Bonchev–Trinajstić information content (AvgIpc) is 2.14. The van der Waals surface area contributed by atoms with Gasteiger partial charge in [-0.25, -0.2) is 0 Å². The molecule has 0 aromatic rings. The lowest BCUT2D eigenvalue weighted by molar-refractivity contribution is -0.836. The Bertz CT molecular complexity index is 113. The fourth-order valence-corrected chi connectivity index (χ4v) is 2.59. The Labute approximate surface area is 102 Å². The zero-order valence-corrected chi connectivity index (χ0v) is 12.8. The number of hydrogen-bond acceptors (Lipinski definition) is 3. The van der Waals surface area contributed by atoms with Gasteiger partial charge in [-0.2, -0.15) is 0 Å². The van der Waals surface area contributed by atoms with Crippen molar-refractivity contribution >= 4 is 8.80 Å². The van der Waals surface area contributed by atoms with Gasteiger partial charge in [0.2, 0.25) is 0 Å². The molecule has 0 spiro atoms. The van der Waals surface area contributed by atoms with Gasteiger partial charge in [0.25, 0.3) is 0 Å². The molecule has 6 heteroatoms. The lowest BCUT2D eigenvalue weighted by Gasteiger charge is -2.23. The zero-order chi connectivity index (χ0) is 11.6. The summed E-state index contributed by atoms with van der Waals surface area (Å²) in [7, 11) is 8.93. The minimum Gasteiger partial charge on any atom is -1.00 e. The molecule has 96 valence electrons. The van der Waals surface area contributed by atoms with Gasteiger partial charge in [0.05, 0.1) is 21.1 Å². The van der Waals surface area contributed by atoms with E-state index in [1.54, 1.807) is 21.3 Å². The van der Waals surface area contributed by atoms with Crippen LogP contribution in [-0.2, 0) is 13.3 Å². The standard InChI is InChI=1S/C6H16O3Si.C3H9N.ClH/c1-5-6-10(7-2,8-3)9-4;1-4(2)3;/h5-6H2,1-4H3;1-3H3;1H.